The smallest absolute Gasteiger partial charge is 0.309 e. The van der Waals surface area contributed by atoms with Crippen molar-refractivity contribution in [3.8, 4) is 0 Å². The molecule has 0 aromatic heterocycles. The summed E-state index contributed by atoms with van der Waals surface area (Å²) in [4.78, 5) is 47.8. The van der Waals surface area contributed by atoms with E-state index in [2.05, 4.69) is 0 Å². The highest BCUT2D eigenvalue weighted by Gasteiger charge is 2.32. The predicted octanol–water partition coefficient (Wildman–Crippen LogP) is 6.09. The third kappa shape index (κ3) is 10.8. The maximum Gasteiger partial charge on any atom is 0.309 e. The lowest BCUT2D eigenvalue weighted by Crippen LogP contribution is -2.27. The van der Waals surface area contributed by atoms with E-state index in [9.17, 15) is 19.2 Å². The van der Waals surface area contributed by atoms with Crippen molar-refractivity contribution in [1.82, 2.24) is 0 Å². The first-order chi connectivity index (χ1) is 16.7. The van der Waals surface area contributed by atoms with Crippen molar-refractivity contribution in [3.63, 3.8) is 0 Å². The van der Waals surface area contributed by atoms with Crippen molar-refractivity contribution in [2.75, 3.05) is 13.2 Å². The van der Waals surface area contributed by atoms with E-state index in [0.29, 0.717) is 37.9 Å². The number of ketones is 2. The van der Waals surface area contributed by atoms with Crippen LogP contribution in [0.2, 0.25) is 0 Å². The second kappa shape index (κ2) is 15.4. The molecule has 6 heteroatoms. The molecule has 2 saturated carbocycles. The van der Waals surface area contributed by atoms with Gasteiger partial charge in [0.05, 0.1) is 25.6 Å². The van der Waals surface area contributed by atoms with Gasteiger partial charge < -0.3 is 14.3 Å². The summed E-state index contributed by atoms with van der Waals surface area (Å²) in [7, 11) is 0. The minimum Gasteiger partial charge on any atom is -0.466 e. The Labute approximate surface area is 212 Å². The Morgan fingerprint density at radius 3 is 1.54 bits per heavy atom. The summed E-state index contributed by atoms with van der Waals surface area (Å²) in [6.07, 6.45) is 12.8. The van der Waals surface area contributed by atoms with E-state index < -0.39 is 5.92 Å². The Bertz CT molecular complexity index is 685. The summed E-state index contributed by atoms with van der Waals surface area (Å²) in [5.74, 6) is 1.77. The first-order valence-corrected chi connectivity index (χ1v) is 14.0. The molecule has 0 aromatic rings. The minimum atomic E-state index is -0.396. The summed E-state index contributed by atoms with van der Waals surface area (Å²) >= 11 is 0. The Hall–Kier alpha value is -1.72. The lowest BCUT2D eigenvalue weighted by molar-refractivity contribution is -0.155. The molecule has 2 fully saturated rings. The number of Topliss-reactive ketones (excluding diaryl/α,β-unsaturated/α-hetero) is 2. The fourth-order valence-corrected chi connectivity index (χ4v) is 6.37. The highest BCUT2D eigenvalue weighted by molar-refractivity contribution is 5.85. The van der Waals surface area contributed by atoms with E-state index in [0.717, 1.165) is 31.1 Å². The minimum absolute atomic E-state index is 0.0911. The van der Waals surface area contributed by atoms with Gasteiger partial charge in [-0.15, -0.1) is 0 Å². The molecule has 0 aromatic carbocycles. The van der Waals surface area contributed by atoms with E-state index in [1.54, 1.807) is 27.7 Å². The molecule has 0 amide bonds. The number of hydrogen-bond donors (Lipinski definition) is 0. The molecular weight excluding hydrogens is 444 g/mol. The second-order valence-corrected chi connectivity index (χ2v) is 11.2. The van der Waals surface area contributed by atoms with Crippen molar-refractivity contribution in [2.45, 2.75) is 111 Å². The van der Waals surface area contributed by atoms with Gasteiger partial charge in [0.1, 0.15) is 11.6 Å². The van der Waals surface area contributed by atoms with Crippen LogP contribution in [0.25, 0.3) is 0 Å². The van der Waals surface area contributed by atoms with E-state index >= 15 is 0 Å². The van der Waals surface area contributed by atoms with Crippen molar-refractivity contribution < 1.29 is 28.7 Å². The first kappa shape index (κ1) is 29.5. The third-order valence-electron chi connectivity index (χ3n) is 8.28. The quantitative estimate of drug-likeness (QED) is 0.273. The normalized spacial score (nSPS) is 26.4. The van der Waals surface area contributed by atoms with Gasteiger partial charge in [0.25, 0.3) is 0 Å². The number of hydrogen-bond acceptors (Lipinski definition) is 6. The van der Waals surface area contributed by atoms with Crippen LogP contribution in [0.4, 0.5) is 0 Å². The number of esters is 2. The number of carbonyl (C=O) groups is 4. The van der Waals surface area contributed by atoms with Gasteiger partial charge in [-0.3, -0.25) is 14.4 Å². The van der Waals surface area contributed by atoms with Crippen LogP contribution < -0.4 is 0 Å². The Kier molecular flexibility index (Phi) is 13.0. The molecule has 0 N–H and O–H groups in total. The number of carbonyl (C=O) groups excluding carboxylic acids is 4. The zero-order valence-corrected chi connectivity index (χ0v) is 22.5. The monoisotopic (exact) mass is 492 g/mol. The molecule has 35 heavy (non-hydrogen) atoms. The Morgan fingerprint density at radius 1 is 0.657 bits per heavy atom. The molecule has 2 aliphatic rings. The molecule has 0 heterocycles. The summed E-state index contributed by atoms with van der Waals surface area (Å²) in [6, 6.07) is 0. The van der Waals surface area contributed by atoms with Crippen LogP contribution in [0.5, 0.6) is 0 Å². The van der Waals surface area contributed by atoms with Gasteiger partial charge >= 0.3 is 11.9 Å². The third-order valence-corrected chi connectivity index (χ3v) is 8.28. The van der Waals surface area contributed by atoms with Crippen molar-refractivity contribution in [1.29, 1.82) is 0 Å². The molecule has 0 spiro atoms. The largest absolute Gasteiger partial charge is 0.466 e. The van der Waals surface area contributed by atoms with Gasteiger partial charge in [-0.1, -0.05) is 51.4 Å². The van der Waals surface area contributed by atoms with Crippen LogP contribution in [0.1, 0.15) is 111 Å². The van der Waals surface area contributed by atoms with Crippen molar-refractivity contribution in [3.05, 3.63) is 0 Å². The van der Waals surface area contributed by atoms with Crippen LogP contribution in [0.15, 0.2) is 0 Å². The molecule has 2 aliphatic carbocycles. The SMILES string of the molecule is CCOC(=O)CC(CC1CCC(CC2CCC(CC(CC(C)=O)C(C)=O)CC2)CC1)C(=O)OCC. The molecule has 0 saturated heterocycles. The van der Waals surface area contributed by atoms with Crippen molar-refractivity contribution in [2.24, 2.45) is 35.5 Å². The van der Waals surface area contributed by atoms with Gasteiger partial charge in [0, 0.05) is 12.3 Å². The molecule has 6 nitrogen and oxygen atoms in total. The summed E-state index contributed by atoms with van der Waals surface area (Å²) < 4.78 is 10.3. The van der Waals surface area contributed by atoms with Gasteiger partial charge in [-0.25, -0.2) is 0 Å². The predicted molar refractivity (Wildman–Crippen MR) is 136 cm³/mol. The van der Waals surface area contributed by atoms with Gasteiger partial charge in [0.2, 0.25) is 0 Å². The fourth-order valence-electron chi connectivity index (χ4n) is 6.37. The highest BCUT2D eigenvalue weighted by atomic mass is 16.5. The average molecular weight is 493 g/mol. The lowest BCUT2D eigenvalue weighted by atomic mass is 9.70. The average Bonchev–Trinajstić information content (AvgIpc) is 2.80. The van der Waals surface area contributed by atoms with E-state index in [1.165, 1.54) is 44.9 Å². The lowest BCUT2D eigenvalue weighted by Gasteiger charge is -2.35. The molecule has 2 rings (SSSR count). The van der Waals surface area contributed by atoms with Gasteiger partial charge in [-0.05, 0) is 70.6 Å². The van der Waals surface area contributed by atoms with Crippen LogP contribution in [-0.2, 0) is 28.7 Å². The van der Waals surface area contributed by atoms with Crippen LogP contribution in [0, 0.1) is 35.5 Å². The van der Waals surface area contributed by atoms with E-state index in [1.807, 2.05) is 0 Å². The summed E-state index contributed by atoms with van der Waals surface area (Å²) in [5.41, 5.74) is 0. The van der Waals surface area contributed by atoms with Gasteiger partial charge in [-0.2, -0.15) is 0 Å². The topological polar surface area (TPSA) is 86.7 Å². The maximum absolute atomic E-state index is 12.4. The Balaban J connectivity index is 1.73. The first-order valence-electron chi connectivity index (χ1n) is 14.0. The molecule has 200 valence electrons. The fraction of sp³-hybridized carbons (Fsp3) is 0.862. The van der Waals surface area contributed by atoms with Crippen LogP contribution in [0.3, 0.4) is 0 Å². The van der Waals surface area contributed by atoms with E-state index in [4.69, 9.17) is 9.47 Å². The molecular formula is C29H48O6. The summed E-state index contributed by atoms with van der Waals surface area (Å²) in [5, 5.41) is 0. The molecule has 2 atom stereocenters. The molecule has 0 radical (unpaired) electrons. The highest BCUT2D eigenvalue weighted by Crippen LogP contribution is 2.41. The van der Waals surface area contributed by atoms with Crippen LogP contribution in [-0.4, -0.2) is 36.7 Å². The molecule has 0 aliphatic heterocycles. The van der Waals surface area contributed by atoms with E-state index in [-0.39, 0.29) is 35.8 Å². The standard InChI is InChI=1S/C29H48O6/c1-5-34-28(32)19-27(29(33)35-6-2)18-25-13-9-23(10-14-25)16-22-7-11-24(12-8-22)17-26(21(4)31)15-20(3)30/h22-27H,5-19H2,1-4H3. The molecule has 2 unspecified atom stereocenters. The summed E-state index contributed by atoms with van der Waals surface area (Å²) in [6.45, 7) is 7.45. The number of ether oxygens (including phenoxy) is 2. The van der Waals surface area contributed by atoms with Gasteiger partial charge in [0.15, 0.2) is 0 Å². The maximum atomic E-state index is 12.4. The zero-order chi connectivity index (χ0) is 25.8. The van der Waals surface area contributed by atoms with Crippen LogP contribution >= 0.6 is 0 Å². The zero-order valence-electron chi connectivity index (χ0n) is 22.5. The Morgan fingerprint density at radius 2 is 1.11 bits per heavy atom. The molecule has 0 bridgehead atoms. The number of rotatable bonds is 14. The van der Waals surface area contributed by atoms with Crippen molar-refractivity contribution >= 4 is 23.5 Å². The second-order valence-electron chi connectivity index (χ2n) is 11.2.